The number of carbonyl (C=O) groups is 1. The summed E-state index contributed by atoms with van der Waals surface area (Å²) < 4.78 is 0. The van der Waals surface area contributed by atoms with Gasteiger partial charge in [-0.15, -0.1) is 11.3 Å². The van der Waals surface area contributed by atoms with Gasteiger partial charge in [0.05, 0.1) is 22.8 Å². The van der Waals surface area contributed by atoms with E-state index in [2.05, 4.69) is 18.8 Å². The summed E-state index contributed by atoms with van der Waals surface area (Å²) in [5, 5.41) is 1.12. The third kappa shape index (κ3) is 3.09. The molecule has 2 atom stereocenters. The lowest BCUT2D eigenvalue weighted by Gasteiger charge is -2.26. The van der Waals surface area contributed by atoms with Gasteiger partial charge >= 0.3 is 0 Å². The van der Waals surface area contributed by atoms with E-state index in [0.29, 0.717) is 5.92 Å². The number of nitrogens with two attached hydrogens (primary N) is 1. The topological polar surface area (TPSA) is 59.2 Å². The van der Waals surface area contributed by atoms with Crippen LogP contribution in [0.25, 0.3) is 0 Å². The largest absolute Gasteiger partial charge is 0.337 e. The Hall–Kier alpha value is -0.940. The third-order valence-corrected chi connectivity index (χ3v) is 4.67. The van der Waals surface area contributed by atoms with Crippen LogP contribution in [0.4, 0.5) is 0 Å². The first-order valence-electron chi connectivity index (χ1n) is 6.25. The molecule has 0 saturated carbocycles. The lowest BCUT2D eigenvalue weighted by molar-refractivity contribution is -0.132. The Morgan fingerprint density at radius 2 is 1.89 bits per heavy atom. The molecule has 0 bridgehead atoms. The van der Waals surface area contributed by atoms with Crippen molar-refractivity contribution in [3.8, 4) is 0 Å². The highest BCUT2D eigenvalue weighted by Gasteiger charge is 2.24. The van der Waals surface area contributed by atoms with Crippen LogP contribution >= 0.6 is 11.3 Å². The first-order chi connectivity index (χ1) is 8.25. The highest BCUT2D eigenvalue weighted by molar-refractivity contribution is 7.11. The smallest absolute Gasteiger partial charge is 0.239 e. The average molecular weight is 269 g/mol. The van der Waals surface area contributed by atoms with E-state index in [9.17, 15) is 4.79 Å². The van der Waals surface area contributed by atoms with Crippen LogP contribution in [0.1, 0.15) is 55.2 Å². The van der Waals surface area contributed by atoms with Gasteiger partial charge in [0.2, 0.25) is 5.91 Å². The summed E-state index contributed by atoms with van der Waals surface area (Å²) in [6.45, 7) is 9.99. The molecule has 0 aliphatic heterocycles. The summed E-state index contributed by atoms with van der Waals surface area (Å²) in [7, 11) is 1.80. The minimum Gasteiger partial charge on any atom is -0.337 e. The van der Waals surface area contributed by atoms with Crippen molar-refractivity contribution < 1.29 is 4.79 Å². The van der Waals surface area contributed by atoms with Gasteiger partial charge in [-0.05, 0) is 20.8 Å². The number of thiazole rings is 1. The Balaban J connectivity index is 2.96. The SMILES string of the molecule is Cc1nc(C(C)C)sc1C(C)N(C)C(=O)[C@@H](C)N. The number of likely N-dealkylation sites (N-methyl/N-ethyl adjacent to an activating group) is 1. The summed E-state index contributed by atoms with van der Waals surface area (Å²) in [6.07, 6.45) is 0. The molecule has 1 unspecified atom stereocenters. The Bertz CT molecular complexity index is 426. The third-order valence-electron chi connectivity index (χ3n) is 3.04. The van der Waals surface area contributed by atoms with E-state index in [4.69, 9.17) is 5.73 Å². The van der Waals surface area contributed by atoms with Gasteiger partial charge in [-0.2, -0.15) is 0 Å². The van der Waals surface area contributed by atoms with Crippen LogP contribution in [-0.4, -0.2) is 28.9 Å². The Kier molecular flexibility index (Phi) is 4.87. The molecule has 2 N–H and O–H groups in total. The molecule has 0 spiro atoms. The van der Waals surface area contributed by atoms with Gasteiger partial charge in [0.15, 0.2) is 0 Å². The molecule has 1 rings (SSSR count). The van der Waals surface area contributed by atoms with Crippen LogP contribution in [0.15, 0.2) is 0 Å². The van der Waals surface area contributed by atoms with E-state index in [1.165, 1.54) is 0 Å². The minimum absolute atomic E-state index is 0.0218. The van der Waals surface area contributed by atoms with Gasteiger partial charge in [0.1, 0.15) is 0 Å². The van der Waals surface area contributed by atoms with Crippen LogP contribution in [-0.2, 0) is 4.79 Å². The summed E-state index contributed by atoms with van der Waals surface area (Å²) in [5.74, 6) is 0.380. The fraction of sp³-hybridized carbons (Fsp3) is 0.692. The molecule has 1 amide bonds. The molecule has 0 aliphatic rings. The second-order valence-electron chi connectivity index (χ2n) is 5.07. The van der Waals surface area contributed by atoms with Gasteiger partial charge in [-0.1, -0.05) is 13.8 Å². The van der Waals surface area contributed by atoms with Gasteiger partial charge < -0.3 is 10.6 Å². The fourth-order valence-corrected chi connectivity index (χ4v) is 2.92. The summed E-state index contributed by atoms with van der Waals surface area (Å²) in [5.41, 5.74) is 6.66. The zero-order valence-corrected chi connectivity index (χ0v) is 12.8. The van der Waals surface area contributed by atoms with Gasteiger partial charge in [0.25, 0.3) is 0 Å². The number of hydrogen-bond acceptors (Lipinski definition) is 4. The van der Waals surface area contributed by atoms with Crippen LogP contribution < -0.4 is 5.73 Å². The quantitative estimate of drug-likeness (QED) is 0.913. The Morgan fingerprint density at radius 1 is 1.33 bits per heavy atom. The molecule has 5 heteroatoms. The second kappa shape index (κ2) is 5.80. The molecule has 0 aromatic carbocycles. The number of rotatable bonds is 4. The highest BCUT2D eigenvalue weighted by Crippen LogP contribution is 2.31. The van der Waals surface area contributed by atoms with E-state index in [1.807, 2.05) is 13.8 Å². The molecule has 102 valence electrons. The highest BCUT2D eigenvalue weighted by atomic mass is 32.1. The first kappa shape index (κ1) is 15.1. The molecule has 0 aliphatic carbocycles. The predicted octanol–water partition coefficient (Wildman–Crippen LogP) is 2.44. The Labute approximate surface area is 113 Å². The molecule has 1 aromatic heterocycles. The van der Waals surface area contributed by atoms with Crippen molar-refractivity contribution in [1.82, 2.24) is 9.88 Å². The molecule has 1 aromatic rings. The van der Waals surface area contributed by atoms with E-state index in [-0.39, 0.29) is 11.9 Å². The lowest BCUT2D eigenvalue weighted by Crippen LogP contribution is -2.40. The van der Waals surface area contributed by atoms with Crippen molar-refractivity contribution in [3.05, 3.63) is 15.6 Å². The van der Waals surface area contributed by atoms with Crippen molar-refractivity contribution >= 4 is 17.2 Å². The van der Waals surface area contributed by atoms with E-state index in [0.717, 1.165) is 15.6 Å². The van der Waals surface area contributed by atoms with Crippen LogP contribution in [0.5, 0.6) is 0 Å². The number of nitrogens with zero attached hydrogens (tertiary/aromatic N) is 2. The fourth-order valence-electron chi connectivity index (χ4n) is 1.75. The number of carbonyl (C=O) groups excluding carboxylic acids is 1. The maximum atomic E-state index is 11.9. The summed E-state index contributed by atoms with van der Waals surface area (Å²) >= 11 is 1.69. The molecule has 1 heterocycles. The normalized spacial score (nSPS) is 14.7. The number of amides is 1. The standard InChI is InChI=1S/C13H23N3OS/c1-7(2)12-15-9(4)11(18-12)10(5)16(6)13(17)8(3)14/h7-8,10H,14H2,1-6H3/t8-,10?/m1/s1. The number of hydrogen-bond donors (Lipinski definition) is 1. The van der Waals surface area contributed by atoms with Crippen molar-refractivity contribution in [3.63, 3.8) is 0 Å². The lowest BCUT2D eigenvalue weighted by atomic mass is 10.2. The van der Waals surface area contributed by atoms with Gasteiger partial charge in [-0.25, -0.2) is 4.98 Å². The molecule has 0 saturated heterocycles. The monoisotopic (exact) mass is 269 g/mol. The predicted molar refractivity (Wildman–Crippen MR) is 75.8 cm³/mol. The zero-order chi connectivity index (χ0) is 14.0. The van der Waals surface area contributed by atoms with E-state index >= 15 is 0 Å². The Morgan fingerprint density at radius 3 is 2.28 bits per heavy atom. The van der Waals surface area contributed by atoms with Crippen LogP contribution in [0.2, 0.25) is 0 Å². The van der Waals surface area contributed by atoms with Crippen molar-refractivity contribution in [2.75, 3.05) is 7.05 Å². The van der Waals surface area contributed by atoms with E-state index < -0.39 is 6.04 Å². The van der Waals surface area contributed by atoms with Crippen molar-refractivity contribution in [1.29, 1.82) is 0 Å². The van der Waals surface area contributed by atoms with Crippen LogP contribution in [0.3, 0.4) is 0 Å². The maximum Gasteiger partial charge on any atom is 0.239 e. The number of aromatic nitrogens is 1. The van der Waals surface area contributed by atoms with Crippen molar-refractivity contribution in [2.45, 2.75) is 52.6 Å². The summed E-state index contributed by atoms with van der Waals surface area (Å²) in [6, 6.07) is -0.441. The van der Waals surface area contributed by atoms with Crippen molar-refractivity contribution in [2.24, 2.45) is 5.73 Å². The van der Waals surface area contributed by atoms with E-state index in [1.54, 1.807) is 30.2 Å². The zero-order valence-electron chi connectivity index (χ0n) is 12.0. The molecule has 0 fully saturated rings. The minimum atomic E-state index is -0.463. The average Bonchev–Trinajstić information content (AvgIpc) is 2.68. The van der Waals surface area contributed by atoms with Crippen LogP contribution in [0, 0.1) is 6.92 Å². The molecular formula is C13H23N3OS. The first-order valence-corrected chi connectivity index (χ1v) is 7.06. The van der Waals surface area contributed by atoms with Gasteiger partial charge in [0, 0.05) is 17.8 Å². The molecule has 4 nitrogen and oxygen atoms in total. The van der Waals surface area contributed by atoms with Gasteiger partial charge in [-0.3, -0.25) is 4.79 Å². The maximum absolute atomic E-state index is 11.9. The molecule has 18 heavy (non-hydrogen) atoms. The molecular weight excluding hydrogens is 246 g/mol. The number of aryl methyl sites for hydroxylation is 1. The summed E-state index contributed by atoms with van der Waals surface area (Å²) in [4.78, 5) is 19.3. The molecule has 0 radical (unpaired) electrons. The second-order valence-corrected chi connectivity index (χ2v) is 6.13.